The fourth-order valence-corrected chi connectivity index (χ4v) is 4.45. The largest absolute Gasteiger partial charge is 0.497 e. The summed E-state index contributed by atoms with van der Waals surface area (Å²) in [6, 6.07) is 12.5. The third-order valence-corrected chi connectivity index (χ3v) is 6.81. The zero-order chi connectivity index (χ0) is 24.5. The molecule has 186 valence electrons. The highest BCUT2D eigenvalue weighted by atomic mass is 35.5. The summed E-state index contributed by atoms with van der Waals surface area (Å²) in [5.74, 6) is 1.87. The molecular weight excluding hydrogens is 456 g/mol. The fraction of sp³-hybridized carbons (Fsp3) is 0.500. The molecule has 2 aromatic carbocycles. The van der Waals surface area contributed by atoms with Crippen molar-refractivity contribution in [2.24, 2.45) is 5.73 Å². The van der Waals surface area contributed by atoms with Crippen LogP contribution in [0, 0.1) is 0 Å². The highest BCUT2D eigenvalue weighted by molar-refractivity contribution is 6.20. The molecule has 34 heavy (non-hydrogen) atoms. The zero-order valence-electron chi connectivity index (χ0n) is 20.2. The summed E-state index contributed by atoms with van der Waals surface area (Å²) in [5.41, 5.74) is 7.47. The van der Waals surface area contributed by atoms with E-state index in [-0.39, 0.29) is 30.0 Å². The average Bonchev–Trinajstić information content (AvgIpc) is 2.89. The van der Waals surface area contributed by atoms with Gasteiger partial charge < -0.3 is 24.7 Å². The Balaban J connectivity index is 1.57. The van der Waals surface area contributed by atoms with Gasteiger partial charge in [0, 0.05) is 38.7 Å². The highest BCUT2D eigenvalue weighted by Crippen LogP contribution is 2.26. The van der Waals surface area contributed by atoms with Gasteiger partial charge >= 0.3 is 0 Å². The van der Waals surface area contributed by atoms with E-state index in [0.717, 1.165) is 31.5 Å². The lowest BCUT2D eigenvalue weighted by molar-refractivity contribution is 0.0342. The van der Waals surface area contributed by atoms with Crippen LogP contribution in [0.5, 0.6) is 17.2 Å². The van der Waals surface area contributed by atoms with Gasteiger partial charge in [-0.1, -0.05) is 12.1 Å². The minimum Gasteiger partial charge on any atom is -0.497 e. The van der Waals surface area contributed by atoms with Crippen LogP contribution < -0.4 is 19.9 Å². The van der Waals surface area contributed by atoms with Gasteiger partial charge in [0.05, 0.1) is 25.9 Å². The van der Waals surface area contributed by atoms with Crippen LogP contribution in [0.25, 0.3) is 0 Å². The number of hydrogen-bond acceptors (Lipinski definition) is 7. The maximum Gasteiger partial charge on any atom is 0.166 e. The number of ether oxygens (including phenoxy) is 4. The summed E-state index contributed by atoms with van der Waals surface area (Å²) in [7, 11) is 4.95. The van der Waals surface area contributed by atoms with Gasteiger partial charge in [0.2, 0.25) is 0 Å². The molecule has 2 N–H and O–H groups in total. The molecule has 8 heteroatoms. The Morgan fingerprint density at radius 3 is 2.35 bits per heavy atom. The van der Waals surface area contributed by atoms with E-state index in [1.807, 2.05) is 24.3 Å². The van der Waals surface area contributed by atoms with Crippen LogP contribution in [0.1, 0.15) is 41.6 Å². The quantitative estimate of drug-likeness (QED) is 0.270. The average molecular weight is 491 g/mol. The Labute approximate surface area is 207 Å². The molecule has 0 aromatic heterocycles. The molecule has 1 aliphatic heterocycles. The summed E-state index contributed by atoms with van der Waals surface area (Å²) < 4.78 is 22.1. The van der Waals surface area contributed by atoms with Crippen molar-refractivity contribution in [3.8, 4) is 17.2 Å². The lowest BCUT2D eigenvalue weighted by Gasteiger charge is -2.36. The molecule has 2 unspecified atom stereocenters. The number of nitrogens with zero attached hydrogens (tertiary/aromatic N) is 1. The molecule has 0 amide bonds. The van der Waals surface area contributed by atoms with E-state index in [0.29, 0.717) is 35.7 Å². The van der Waals surface area contributed by atoms with E-state index in [9.17, 15) is 4.79 Å². The van der Waals surface area contributed by atoms with E-state index in [1.54, 1.807) is 39.5 Å². The monoisotopic (exact) mass is 490 g/mol. The molecule has 1 saturated heterocycles. The molecule has 0 aliphatic carbocycles. The van der Waals surface area contributed by atoms with Crippen molar-refractivity contribution in [1.29, 1.82) is 0 Å². The number of carbonyl (C=O) groups is 1. The predicted octanol–water partition coefficient (Wildman–Crippen LogP) is 4.25. The molecule has 1 aliphatic rings. The van der Waals surface area contributed by atoms with Crippen LogP contribution in [-0.4, -0.2) is 62.7 Å². The Bertz CT molecular complexity index is 911. The zero-order valence-corrected chi connectivity index (χ0v) is 20.9. The number of nitrogens with two attached hydrogens (primary N) is 1. The molecule has 7 nitrogen and oxygen atoms in total. The Kier molecular flexibility index (Phi) is 10.0. The number of likely N-dealkylation sites (tertiary alicyclic amines) is 1. The molecule has 2 aromatic rings. The highest BCUT2D eigenvalue weighted by Gasteiger charge is 2.28. The first-order valence-electron chi connectivity index (χ1n) is 11.6. The summed E-state index contributed by atoms with van der Waals surface area (Å²) in [5, 5.41) is 0. The maximum atomic E-state index is 13.0. The summed E-state index contributed by atoms with van der Waals surface area (Å²) in [6.07, 6.45) is 2.96. The molecule has 0 spiro atoms. The first-order valence-corrected chi connectivity index (χ1v) is 12.0. The minimum absolute atomic E-state index is 0.0174. The number of halogens is 1. The van der Waals surface area contributed by atoms with E-state index < -0.39 is 0 Å². The van der Waals surface area contributed by atoms with Crippen LogP contribution in [-0.2, 0) is 11.3 Å². The van der Waals surface area contributed by atoms with Crippen LogP contribution >= 0.6 is 11.6 Å². The topological polar surface area (TPSA) is 83.2 Å². The molecule has 0 radical (unpaired) electrons. The van der Waals surface area contributed by atoms with Crippen molar-refractivity contribution in [3.63, 3.8) is 0 Å². The van der Waals surface area contributed by atoms with Crippen molar-refractivity contribution >= 4 is 17.4 Å². The molecule has 0 bridgehead atoms. The molecule has 2 atom stereocenters. The van der Waals surface area contributed by atoms with E-state index in [2.05, 4.69) is 4.90 Å². The number of benzene rings is 2. The Morgan fingerprint density at radius 1 is 1.09 bits per heavy atom. The fourth-order valence-electron chi connectivity index (χ4n) is 4.13. The minimum atomic E-state index is -0.305. The molecule has 3 rings (SSSR count). The summed E-state index contributed by atoms with van der Waals surface area (Å²) >= 11 is 6.63. The van der Waals surface area contributed by atoms with Gasteiger partial charge in [0.25, 0.3) is 0 Å². The van der Waals surface area contributed by atoms with Crippen LogP contribution in [0.15, 0.2) is 42.5 Å². The van der Waals surface area contributed by atoms with Gasteiger partial charge in [-0.3, -0.25) is 9.69 Å². The van der Waals surface area contributed by atoms with E-state index in [4.69, 9.17) is 36.3 Å². The van der Waals surface area contributed by atoms with E-state index >= 15 is 0 Å². The van der Waals surface area contributed by atoms with Crippen molar-refractivity contribution in [2.45, 2.75) is 49.9 Å². The van der Waals surface area contributed by atoms with Gasteiger partial charge in [-0.05, 0) is 49.1 Å². The predicted molar refractivity (Wildman–Crippen MR) is 133 cm³/mol. The van der Waals surface area contributed by atoms with Crippen molar-refractivity contribution in [3.05, 3.63) is 53.6 Å². The van der Waals surface area contributed by atoms with Gasteiger partial charge in [-0.25, -0.2) is 0 Å². The summed E-state index contributed by atoms with van der Waals surface area (Å²) in [4.78, 5) is 15.2. The second-order valence-corrected chi connectivity index (χ2v) is 8.92. The number of rotatable bonds is 12. The number of ketones is 1. The third kappa shape index (κ3) is 7.09. The molecule has 1 heterocycles. The van der Waals surface area contributed by atoms with Crippen molar-refractivity contribution < 1.29 is 23.7 Å². The Hall–Kier alpha value is -2.32. The van der Waals surface area contributed by atoms with Crippen LogP contribution in [0.2, 0.25) is 0 Å². The second-order valence-electron chi connectivity index (χ2n) is 8.48. The third-order valence-electron chi connectivity index (χ3n) is 6.21. The van der Waals surface area contributed by atoms with Gasteiger partial charge in [0.15, 0.2) is 5.78 Å². The van der Waals surface area contributed by atoms with Crippen molar-refractivity contribution in [2.75, 3.05) is 34.4 Å². The van der Waals surface area contributed by atoms with Gasteiger partial charge in [0.1, 0.15) is 29.4 Å². The number of para-hydroxylation sites is 1. The number of hydrogen-bond donors (Lipinski definition) is 1. The maximum absolute atomic E-state index is 13.0. The number of piperidine rings is 1. The standard InChI is InChI=1S/C26H35ClN2O5/c1-31-19-10-12-29(13-11-19)26(27)23(28)8-9-24(30)22-6-4-5-7-25(22)34-17-18-14-20(32-2)16-21(15-18)33-3/h4-7,14-16,19,23,26H,8-13,17,28H2,1-3H3. The lowest BCUT2D eigenvalue weighted by atomic mass is 10.0. The SMILES string of the molecule is COc1cc(COc2ccccc2C(=O)CCC(N)C(Cl)N2CCC(OC)CC2)cc(OC)c1. The van der Waals surface area contributed by atoms with Gasteiger partial charge in [-0.2, -0.15) is 0 Å². The molecule has 0 saturated carbocycles. The molecular formula is C26H35ClN2O5. The first kappa shape index (κ1) is 26.3. The number of Topliss-reactive ketones (excluding diaryl/α,β-unsaturated/α-hetero) is 1. The number of carbonyl (C=O) groups excluding carboxylic acids is 1. The Morgan fingerprint density at radius 2 is 1.74 bits per heavy atom. The summed E-state index contributed by atoms with van der Waals surface area (Å²) in [6.45, 7) is 1.97. The first-order chi connectivity index (χ1) is 16.4. The normalized spacial score (nSPS) is 16.6. The number of alkyl halides is 1. The van der Waals surface area contributed by atoms with Gasteiger partial charge in [-0.15, -0.1) is 11.6 Å². The lowest BCUT2D eigenvalue weighted by Crippen LogP contribution is -2.48. The molecule has 1 fully saturated rings. The second kappa shape index (κ2) is 13.0. The van der Waals surface area contributed by atoms with E-state index in [1.165, 1.54) is 0 Å². The number of methoxy groups -OCH3 is 3. The van der Waals surface area contributed by atoms with Crippen LogP contribution in [0.3, 0.4) is 0 Å². The van der Waals surface area contributed by atoms with Crippen molar-refractivity contribution in [1.82, 2.24) is 4.90 Å². The smallest absolute Gasteiger partial charge is 0.166 e. The van der Waals surface area contributed by atoms with Crippen LogP contribution in [0.4, 0.5) is 0 Å².